The van der Waals surface area contributed by atoms with Crippen LogP contribution in [0.5, 0.6) is 0 Å². The molecular weight excluding hydrogens is 274 g/mol. The quantitative estimate of drug-likeness (QED) is 0.845. The molecule has 0 N–H and O–H groups in total. The fourth-order valence-electron chi connectivity index (χ4n) is 2.58. The van der Waals surface area contributed by atoms with E-state index in [1.165, 1.54) is 11.3 Å². The average molecular weight is 293 g/mol. The molecule has 0 aliphatic carbocycles. The van der Waals surface area contributed by atoms with Crippen molar-refractivity contribution in [2.45, 2.75) is 39.5 Å². The molecule has 108 valence electrons. The second-order valence-electron chi connectivity index (χ2n) is 5.50. The number of nitrogens with zero attached hydrogens (tertiary/aromatic N) is 3. The Morgan fingerprint density at radius 3 is 3.10 bits per heavy atom. The highest BCUT2D eigenvalue weighted by atomic mass is 32.1. The molecule has 0 amide bonds. The monoisotopic (exact) mass is 293 g/mol. The van der Waals surface area contributed by atoms with E-state index in [1.807, 2.05) is 12.3 Å². The molecule has 1 fully saturated rings. The molecule has 2 unspecified atom stereocenters. The smallest absolute Gasteiger partial charge is 0.259 e. The Balaban J connectivity index is 1.89. The van der Waals surface area contributed by atoms with Crippen molar-refractivity contribution in [1.82, 2.24) is 14.3 Å². The van der Waals surface area contributed by atoms with E-state index in [4.69, 9.17) is 4.74 Å². The number of aromatic nitrogens is 2. The molecule has 1 aliphatic rings. The molecule has 20 heavy (non-hydrogen) atoms. The summed E-state index contributed by atoms with van der Waals surface area (Å²) >= 11 is 1.51. The van der Waals surface area contributed by atoms with Gasteiger partial charge in [-0.05, 0) is 20.8 Å². The summed E-state index contributed by atoms with van der Waals surface area (Å²) < 4.78 is 7.30. The van der Waals surface area contributed by atoms with Crippen LogP contribution in [0.15, 0.2) is 16.2 Å². The highest BCUT2D eigenvalue weighted by molar-refractivity contribution is 7.15. The van der Waals surface area contributed by atoms with Gasteiger partial charge in [0, 0.05) is 36.3 Å². The maximum absolute atomic E-state index is 12.2. The fourth-order valence-corrected chi connectivity index (χ4v) is 3.47. The van der Waals surface area contributed by atoms with Gasteiger partial charge in [0.15, 0.2) is 4.96 Å². The third-order valence-electron chi connectivity index (χ3n) is 3.73. The van der Waals surface area contributed by atoms with Gasteiger partial charge in [0.1, 0.15) is 0 Å². The number of rotatable bonds is 2. The minimum absolute atomic E-state index is 0.0118. The van der Waals surface area contributed by atoms with Crippen molar-refractivity contribution in [2.24, 2.45) is 0 Å². The van der Waals surface area contributed by atoms with Crippen molar-refractivity contribution in [1.29, 1.82) is 0 Å². The van der Waals surface area contributed by atoms with Gasteiger partial charge in [-0.2, -0.15) is 0 Å². The zero-order valence-electron chi connectivity index (χ0n) is 12.0. The van der Waals surface area contributed by atoms with E-state index >= 15 is 0 Å². The van der Waals surface area contributed by atoms with E-state index in [-0.39, 0.29) is 11.7 Å². The van der Waals surface area contributed by atoms with Crippen molar-refractivity contribution in [3.63, 3.8) is 0 Å². The van der Waals surface area contributed by atoms with E-state index in [9.17, 15) is 4.79 Å². The van der Waals surface area contributed by atoms with Crippen molar-refractivity contribution in [2.75, 3.05) is 13.2 Å². The van der Waals surface area contributed by atoms with Crippen LogP contribution in [0.25, 0.3) is 4.96 Å². The molecular formula is C14H19N3O2S. The second kappa shape index (κ2) is 5.27. The summed E-state index contributed by atoms with van der Waals surface area (Å²) in [6.45, 7) is 8.47. The van der Waals surface area contributed by atoms with Crippen molar-refractivity contribution < 1.29 is 4.74 Å². The van der Waals surface area contributed by atoms with Crippen LogP contribution in [0.2, 0.25) is 0 Å². The molecule has 0 radical (unpaired) electrons. The number of aryl methyl sites for hydroxylation is 1. The molecule has 0 aromatic carbocycles. The fraction of sp³-hybridized carbons (Fsp3) is 0.571. The Bertz CT molecular complexity index is 679. The summed E-state index contributed by atoms with van der Waals surface area (Å²) in [6, 6.07) is 2.01. The number of fused-ring (bicyclic) bond motifs is 1. The van der Waals surface area contributed by atoms with Gasteiger partial charge in [-0.3, -0.25) is 14.1 Å². The molecule has 6 heteroatoms. The summed E-state index contributed by atoms with van der Waals surface area (Å²) in [6.07, 6.45) is 0.236. The van der Waals surface area contributed by atoms with E-state index in [1.54, 1.807) is 10.5 Å². The number of ether oxygens (including phenoxy) is 1. The van der Waals surface area contributed by atoms with Crippen LogP contribution in [-0.2, 0) is 11.3 Å². The maximum Gasteiger partial charge on any atom is 0.259 e. The van der Waals surface area contributed by atoms with E-state index in [0.29, 0.717) is 12.6 Å². The second-order valence-corrected chi connectivity index (χ2v) is 6.34. The molecule has 1 aliphatic heterocycles. The number of hydrogen-bond acceptors (Lipinski definition) is 5. The summed E-state index contributed by atoms with van der Waals surface area (Å²) in [5, 5.41) is 1.97. The van der Waals surface area contributed by atoms with Crippen LogP contribution in [-0.4, -0.2) is 39.6 Å². The molecule has 5 nitrogen and oxygen atoms in total. The van der Waals surface area contributed by atoms with Crippen molar-refractivity contribution >= 4 is 16.3 Å². The van der Waals surface area contributed by atoms with Crippen LogP contribution < -0.4 is 5.56 Å². The zero-order valence-corrected chi connectivity index (χ0v) is 12.8. The first-order valence-electron chi connectivity index (χ1n) is 6.87. The summed E-state index contributed by atoms with van der Waals surface area (Å²) in [5.74, 6) is 0. The minimum Gasteiger partial charge on any atom is -0.376 e. The molecule has 1 saturated heterocycles. The van der Waals surface area contributed by atoms with Crippen molar-refractivity contribution in [3.8, 4) is 0 Å². The third kappa shape index (κ3) is 2.51. The first-order chi connectivity index (χ1) is 9.54. The van der Waals surface area contributed by atoms with Crippen LogP contribution in [0.4, 0.5) is 0 Å². The lowest BCUT2D eigenvalue weighted by Crippen LogP contribution is -2.46. The van der Waals surface area contributed by atoms with Gasteiger partial charge in [-0.15, -0.1) is 11.3 Å². The first kappa shape index (κ1) is 13.7. The van der Waals surface area contributed by atoms with E-state index < -0.39 is 0 Å². The average Bonchev–Trinajstić information content (AvgIpc) is 2.76. The highest BCUT2D eigenvalue weighted by Crippen LogP contribution is 2.16. The molecule has 2 aromatic rings. The molecule has 0 bridgehead atoms. The molecule has 3 rings (SSSR count). The van der Waals surface area contributed by atoms with Gasteiger partial charge in [0.25, 0.3) is 5.56 Å². The van der Waals surface area contributed by atoms with Gasteiger partial charge in [-0.25, -0.2) is 4.98 Å². The third-order valence-corrected chi connectivity index (χ3v) is 4.67. The minimum atomic E-state index is 0.0118. The number of morpholine rings is 1. The van der Waals surface area contributed by atoms with Gasteiger partial charge >= 0.3 is 0 Å². The van der Waals surface area contributed by atoms with Gasteiger partial charge < -0.3 is 4.74 Å². The Hall–Kier alpha value is -1.24. The Labute approximate surface area is 121 Å². The molecule has 2 aromatic heterocycles. The first-order valence-corrected chi connectivity index (χ1v) is 7.75. The Morgan fingerprint density at radius 2 is 2.30 bits per heavy atom. The van der Waals surface area contributed by atoms with Crippen LogP contribution in [0, 0.1) is 6.92 Å². The van der Waals surface area contributed by atoms with E-state index in [2.05, 4.69) is 23.7 Å². The largest absolute Gasteiger partial charge is 0.376 e. The highest BCUT2D eigenvalue weighted by Gasteiger charge is 2.24. The van der Waals surface area contributed by atoms with Crippen LogP contribution in [0.3, 0.4) is 0 Å². The number of hydrogen-bond donors (Lipinski definition) is 0. The summed E-state index contributed by atoms with van der Waals surface area (Å²) in [7, 11) is 0. The van der Waals surface area contributed by atoms with Crippen molar-refractivity contribution in [3.05, 3.63) is 33.2 Å². The normalized spacial score (nSPS) is 24.4. The van der Waals surface area contributed by atoms with Crippen LogP contribution in [0.1, 0.15) is 25.2 Å². The maximum atomic E-state index is 12.2. The van der Waals surface area contributed by atoms with Crippen LogP contribution >= 0.6 is 11.3 Å². The predicted octanol–water partition coefficient (Wildman–Crippen LogP) is 1.67. The topological polar surface area (TPSA) is 46.8 Å². The lowest BCUT2D eigenvalue weighted by molar-refractivity contribution is -0.0530. The SMILES string of the molecule is Cc1csc2nc(CN3CC(C)OCC3C)cc(=O)n12. The predicted molar refractivity (Wildman–Crippen MR) is 79.4 cm³/mol. The van der Waals surface area contributed by atoms with Gasteiger partial charge in [0.2, 0.25) is 0 Å². The Morgan fingerprint density at radius 1 is 1.50 bits per heavy atom. The molecule has 3 heterocycles. The summed E-state index contributed by atoms with van der Waals surface area (Å²) in [4.78, 5) is 19.9. The molecule has 2 atom stereocenters. The lowest BCUT2D eigenvalue weighted by Gasteiger charge is -2.36. The van der Waals surface area contributed by atoms with Gasteiger partial charge in [0.05, 0.1) is 18.4 Å². The molecule has 0 saturated carbocycles. The molecule has 0 spiro atoms. The summed E-state index contributed by atoms with van der Waals surface area (Å²) in [5.41, 5.74) is 1.80. The van der Waals surface area contributed by atoms with E-state index in [0.717, 1.165) is 29.5 Å². The zero-order chi connectivity index (χ0) is 14.3. The standard InChI is InChI=1S/C14H19N3O2S/c1-9-7-19-11(3)5-16(9)6-12-4-13(18)17-10(2)8-20-14(17)15-12/h4,8-9,11H,5-7H2,1-3H3. The van der Waals surface area contributed by atoms with Gasteiger partial charge in [-0.1, -0.05) is 0 Å². The lowest BCUT2D eigenvalue weighted by atomic mass is 10.2. The number of thiazole rings is 1. The Kier molecular flexibility index (Phi) is 3.62.